The van der Waals surface area contributed by atoms with Crippen LogP contribution in [0.5, 0.6) is 11.5 Å². The number of alkyl halides is 3. The topological polar surface area (TPSA) is 64.4 Å². The Balaban J connectivity index is 1.96. The third-order valence-electron chi connectivity index (χ3n) is 3.86. The molecule has 0 atom stereocenters. The highest BCUT2D eigenvalue weighted by Gasteiger charge is 2.29. The van der Waals surface area contributed by atoms with E-state index in [1.54, 1.807) is 25.3 Å². The first-order chi connectivity index (χ1) is 13.3. The maximum atomic E-state index is 12.7. The zero-order valence-corrected chi connectivity index (χ0v) is 15.6. The minimum Gasteiger partial charge on any atom is -0.497 e. The molecule has 0 saturated carbocycles. The van der Waals surface area contributed by atoms with Crippen molar-refractivity contribution in [3.63, 3.8) is 0 Å². The van der Waals surface area contributed by atoms with Gasteiger partial charge in [-0.2, -0.15) is 28.0 Å². The SMILES string of the molecule is COc1ccc(-c2n[nH]c(=S)n2/N=C\c2ccc(C(F)(F)F)cc2)c(OC)c1. The van der Waals surface area contributed by atoms with Crippen LogP contribution in [0.4, 0.5) is 13.2 Å². The molecule has 1 N–H and O–H groups in total. The van der Waals surface area contributed by atoms with Gasteiger partial charge in [0.15, 0.2) is 5.82 Å². The molecule has 0 bridgehead atoms. The summed E-state index contributed by atoms with van der Waals surface area (Å²) in [4.78, 5) is 0. The number of aromatic nitrogens is 3. The van der Waals surface area contributed by atoms with Crippen LogP contribution in [0.1, 0.15) is 11.1 Å². The van der Waals surface area contributed by atoms with Gasteiger partial charge in [0.05, 0.1) is 31.6 Å². The predicted molar refractivity (Wildman–Crippen MR) is 100 cm³/mol. The summed E-state index contributed by atoms with van der Waals surface area (Å²) < 4.78 is 50.1. The molecule has 10 heteroatoms. The normalized spacial score (nSPS) is 11.8. The molecule has 0 aliphatic carbocycles. The second-order valence-corrected chi connectivity index (χ2v) is 5.98. The molecule has 146 valence electrons. The minimum absolute atomic E-state index is 0.219. The number of nitrogens with zero attached hydrogens (tertiary/aromatic N) is 3. The summed E-state index contributed by atoms with van der Waals surface area (Å²) in [6.07, 6.45) is -2.99. The molecular weight excluding hydrogens is 393 g/mol. The van der Waals surface area contributed by atoms with E-state index in [9.17, 15) is 13.2 Å². The number of benzene rings is 2. The molecule has 1 heterocycles. The van der Waals surface area contributed by atoms with Crippen LogP contribution in [0, 0.1) is 4.77 Å². The zero-order valence-electron chi connectivity index (χ0n) is 14.8. The first-order valence-electron chi connectivity index (χ1n) is 7.95. The third kappa shape index (κ3) is 4.06. The van der Waals surface area contributed by atoms with Crippen LogP contribution in [0.25, 0.3) is 11.4 Å². The summed E-state index contributed by atoms with van der Waals surface area (Å²) in [6.45, 7) is 0. The van der Waals surface area contributed by atoms with E-state index in [0.717, 1.165) is 12.1 Å². The molecule has 28 heavy (non-hydrogen) atoms. The van der Waals surface area contributed by atoms with E-state index >= 15 is 0 Å². The maximum absolute atomic E-state index is 12.7. The second kappa shape index (κ2) is 7.85. The van der Waals surface area contributed by atoms with Crippen molar-refractivity contribution in [1.29, 1.82) is 0 Å². The van der Waals surface area contributed by atoms with Crippen molar-refractivity contribution < 1.29 is 22.6 Å². The van der Waals surface area contributed by atoms with Gasteiger partial charge in [-0.1, -0.05) is 12.1 Å². The molecule has 1 aromatic heterocycles. The Hall–Kier alpha value is -3.14. The largest absolute Gasteiger partial charge is 0.497 e. The van der Waals surface area contributed by atoms with Crippen LogP contribution in [-0.2, 0) is 6.18 Å². The van der Waals surface area contributed by atoms with Gasteiger partial charge in [0.25, 0.3) is 0 Å². The van der Waals surface area contributed by atoms with Gasteiger partial charge >= 0.3 is 6.18 Å². The maximum Gasteiger partial charge on any atom is 0.416 e. The summed E-state index contributed by atoms with van der Waals surface area (Å²) in [5.41, 5.74) is 0.359. The highest BCUT2D eigenvalue weighted by molar-refractivity contribution is 7.71. The molecular formula is C18H15F3N4O2S. The van der Waals surface area contributed by atoms with Gasteiger partial charge in [-0.15, -0.1) is 0 Å². The minimum atomic E-state index is -4.39. The molecule has 0 aliphatic heterocycles. The summed E-state index contributed by atoms with van der Waals surface area (Å²) in [7, 11) is 3.05. The predicted octanol–water partition coefficient (Wildman–Crippen LogP) is 4.53. The molecule has 3 rings (SSSR count). The Morgan fingerprint density at radius 3 is 2.43 bits per heavy atom. The molecule has 0 amide bonds. The fraction of sp³-hybridized carbons (Fsp3) is 0.167. The molecule has 3 aromatic rings. The van der Waals surface area contributed by atoms with Crippen LogP contribution in [0.15, 0.2) is 47.6 Å². The van der Waals surface area contributed by atoms with Crippen molar-refractivity contribution in [2.45, 2.75) is 6.18 Å². The third-order valence-corrected chi connectivity index (χ3v) is 4.12. The van der Waals surface area contributed by atoms with Gasteiger partial charge in [-0.3, -0.25) is 0 Å². The standard InChI is InChI=1S/C18H15F3N4O2S/c1-26-13-7-8-14(15(9-13)27-2)16-23-24-17(28)25(16)22-10-11-3-5-12(6-4-11)18(19,20)21/h3-10H,1-2H3,(H,24,28)/b22-10-. The second-order valence-electron chi connectivity index (χ2n) is 5.59. The van der Waals surface area contributed by atoms with E-state index in [1.807, 2.05) is 0 Å². The van der Waals surface area contributed by atoms with Crippen molar-refractivity contribution in [3.05, 3.63) is 58.4 Å². The van der Waals surface area contributed by atoms with Crippen molar-refractivity contribution in [1.82, 2.24) is 14.9 Å². The van der Waals surface area contributed by atoms with Crippen LogP contribution >= 0.6 is 12.2 Å². The summed E-state index contributed by atoms with van der Waals surface area (Å²) in [5, 5.41) is 11.1. The van der Waals surface area contributed by atoms with E-state index in [-0.39, 0.29) is 4.77 Å². The average molecular weight is 408 g/mol. The Labute approximate surface area is 163 Å². The number of nitrogens with one attached hydrogen (secondary N) is 1. The number of rotatable bonds is 5. The van der Waals surface area contributed by atoms with Crippen LogP contribution in [0.2, 0.25) is 0 Å². The van der Waals surface area contributed by atoms with Crippen molar-refractivity contribution in [2.24, 2.45) is 5.10 Å². The number of aromatic amines is 1. The van der Waals surface area contributed by atoms with Crippen LogP contribution in [0.3, 0.4) is 0 Å². The van der Waals surface area contributed by atoms with Gasteiger partial charge in [0, 0.05) is 6.07 Å². The number of hydrogen-bond donors (Lipinski definition) is 1. The first kappa shape index (κ1) is 19.6. The smallest absolute Gasteiger partial charge is 0.416 e. The fourth-order valence-corrected chi connectivity index (χ4v) is 2.62. The molecule has 0 spiro atoms. The van der Waals surface area contributed by atoms with Crippen LogP contribution in [-0.4, -0.2) is 35.3 Å². The number of ether oxygens (including phenoxy) is 2. The summed E-state index contributed by atoms with van der Waals surface area (Å²) in [5.74, 6) is 1.49. The average Bonchev–Trinajstić information content (AvgIpc) is 3.05. The van der Waals surface area contributed by atoms with Crippen molar-refractivity contribution in [3.8, 4) is 22.9 Å². The Morgan fingerprint density at radius 1 is 1.11 bits per heavy atom. The van der Waals surface area contributed by atoms with Gasteiger partial charge in [-0.05, 0) is 42.0 Å². The monoisotopic (exact) mass is 408 g/mol. The number of methoxy groups -OCH3 is 2. The molecule has 0 unspecified atom stereocenters. The van der Waals surface area contributed by atoms with Gasteiger partial charge in [0.2, 0.25) is 4.77 Å². The molecule has 0 aliphatic rings. The van der Waals surface area contributed by atoms with E-state index in [4.69, 9.17) is 21.7 Å². The van der Waals surface area contributed by atoms with Crippen molar-refractivity contribution in [2.75, 3.05) is 14.2 Å². The highest BCUT2D eigenvalue weighted by Crippen LogP contribution is 2.32. The number of hydrogen-bond acceptors (Lipinski definition) is 5. The quantitative estimate of drug-likeness (QED) is 0.498. The lowest BCUT2D eigenvalue weighted by Gasteiger charge is -2.09. The van der Waals surface area contributed by atoms with Gasteiger partial charge in [-0.25, -0.2) is 5.10 Å². The Kier molecular flexibility index (Phi) is 5.50. The fourth-order valence-electron chi connectivity index (χ4n) is 2.44. The number of halogens is 3. The van der Waals surface area contributed by atoms with Crippen LogP contribution < -0.4 is 9.47 Å². The lowest BCUT2D eigenvalue weighted by molar-refractivity contribution is -0.137. The summed E-state index contributed by atoms with van der Waals surface area (Å²) >= 11 is 5.20. The van der Waals surface area contributed by atoms with Gasteiger partial charge in [0.1, 0.15) is 11.5 Å². The molecule has 0 fully saturated rings. The van der Waals surface area contributed by atoms with E-state index in [1.165, 1.54) is 30.1 Å². The molecule has 6 nitrogen and oxygen atoms in total. The number of H-pyrrole nitrogens is 1. The Bertz CT molecular complexity index is 1060. The Morgan fingerprint density at radius 2 is 1.82 bits per heavy atom. The van der Waals surface area contributed by atoms with Gasteiger partial charge < -0.3 is 9.47 Å². The van der Waals surface area contributed by atoms with Crippen molar-refractivity contribution >= 4 is 18.4 Å². The van der Waals surface area contributed by atoms with E-state index in [0.29, 0.717) is 28.5 Å². The molecule has 0 saturated heterocycles. The zero-order chi connectivity index (χ0) is 20.3. The van der Waals surface area contributed by atoms with E-state index in [2.05, 4.69) is 15.3 Å². The lowest BCUT2D eigenvalue weighted by Crippen LogP contribution is -2.04. The lowest BCUT2D eigenvalue weighted by atomic mass is 10.1. The highest BCUT2D eigenvalue weighted by atomic mass is 32.1. The summed E-state index contributed by atoms with van der Waals surface area (Å²) in [6, 6.07) is 9.79. The molecule has 0 radical (unpaired) electrons. The first-order valence-corrected chi connectivity index (χ1v) is 8.35. The van der Waals surface area contributed by atoms with E-state index < -0.39 is 11.7 Å². The molecule has 2 aromatic carbocycles.